The fraction of sp³-hybridized carbons (Fsp3) is 0.258. The number of anilines is 4. The minimum atomic E-state index is 0.321. The molecule has 8 nitrogen and oxygen atoms in total. The van der Waals surface area contributed by atoms with Gasteiger partial charge in [-0.15, -0.1) is 0 Å². The van der Waals surface area contributed by atoms with Crippen LogP contribution >= 0.6 is 0 Å². The van der Waals surface area contributed by atoms with Crippen LogP contribution in [0.3, 0.4) is 0 Å². The smallest absolute Gasteiger partial charge is 0.231 e. The van der Waals surface area contributed by atoms with Crippen LogP contribution in [0.25, 0.3) is 16.9 Å². The topological polar surface area (TPSA) is 74.1 Å². The molecule has 0 spiro atoms. The highest BCUT2D eigenvalue weighted by molar-refractivity contribution is 5.86. The molecule has 2 N–H and O–H groups in total. The Bertz CT molecular complexity index is 1520. The SMILES string of the molecule is CN(C)c1cccc(Nc2nc(NC3CCN(Cc4ccccc4)CC3)c3ncn(-c4ccccc4)c3n2)c1. The van der Waals surface area contributed by atoms with E-state index >= 15 is 0 Å². The van der Waals surface area contributed by atoms with Gasteiger partial charge in [0.2, 0.25) is 5.95 Å². The number of fused-ring (bicyclic) bond motifs is 1. The minimum Gasteiger partial charge on any atom is -0.378 e. The first-order chi connectivity index (χ1) is 19.1. The first kappa shape index (κ1) is 24.9. The number of imidazole rings is 1. The molecule has 0 saturated carbocycles. The molecular formula is C31H34N8. The summed E-state index contributed by atoms with van der Waals surface area (Å²) in [7, 11) is 4.07. The van der Waals surface area contributed by atoms with Gasteiger partial charge in [-0.25, -0.2) is 4.98 Å². The summed E-state index contributed by atoms with van der Waals surface area (Å²) in [6.45, 7) is 3.08. The van der Waals surface area contributed by atoms with Crippen LogP contribution in [0, 0.1) is 0 Å². The zero-order chi connectivity index (χ0) is 26.6. The van der Waals surface area contributed by atoms with E-state index in [1.54, 1.807) is 0 Å². The molecule has 6 rings (SSSR count). The third-order valence-electron chi connectivity index (χ3n) is 7.23. The Kier molecular flexibility index (Phi) is 7.10. The number of hydrogen-bond acceptors (Lipinski definition) is 7. The molecule has 198 valence electrons. The Morgan fingerprint density at radius 3 is 2.36 bits per heavy atom. The summed E-state index contributed by atoms with van der Waals surface area (Å²) in [5.74, 6) is 1.31. The quantitative estimate of drug-likeness (QED) is 0.273. The van der Waals surface area contributed by atoms with Crippen molar-refractivity contribution in [3.05, 3.63) is 96.8 Å². The summed E-state index contributed by atoms with van der Waals surface area (Å²) in [4.78, 5) is 19.2. The van der Waals surface area contributed by atoms with E-state index in [-0.39, 0.29) is 0 Å². The normalized spacial score (nSPS) is 14.4. The summed E-state index contributed by atoms with van der Waals surface area (Å²) < 4.78 is 2.02. The van der Waals surface area contributed by atoms with Crippen molar-refractivity contribution < 1.29 is 0 Å². The average Bonchev–Trinajstić information content (AvgIpc) is 3.40. The lowest BCUT2D eigenvalue weighted by molar-refractivity contribution is 0.211. The van der Waals surface area contributed by atoms with Crippen molar-refractivity contribution in [3.8, 4) is 5.69 Å². The zero-order valence-corrected chi connectivity index (χ0v) is 22.5. The van der Waals surface area contributed by atoms with E-state index in [0.29, 0.717) is 12.0 Å². The molecule has 1 fully saturated rings. The Morgan fingerprint density at radius 1 is 0.872 bits per heavy atom. The molecule has 3 heterocycles. The van der Waals surface area contributed by atoms with Gasteiger partial charge in [-0.3, -0.25) is 9.47 Å². The van der Waals surface area contributed by atoms with Gasteiger partial charge in [0, 0.05) is 56.8 Å². The second kappa shape index (κ2) is 11.1. The number of likely N-dealkylation sites (tertiary alicyclic amines) is 1. The minimum absolute atomic E-state index is 0.321. The highest BCUT2D eigenvalue weighted by atomic mass is 15.2. The summed E-state index contributed by atoms with van der Waals surface area (Å²) >= 11 is 0. The monoisotopic (exact) mass is 518 g/mol. The predicted octanol–water partition coefficient (Wildman–Crippen LogP) is 5.70. The lowest BCUT2D eigenvalue weighted by Gasteiger charge is -2.32. The number of rotatable bonds is 8. The molecule has 1 saturated heterocycles. The zero-order valence-electron chi connectivity index (χ0n) is 22.5. The van der Waals surface area contributed by atoms with E-state index in [1.807, 2.05) is 55.3 Å². The Morgan fingerprint density at radius 2 is 1.62 bits per heavy atom. The van der Waals surface area contributed by atoms with E-state index in [4.69, 9.17) is 15.0 Å². The second-order valence-corrected chi connectivity index (χ2v) is 10.3. The molecule has 1 aliphatic heterocycles. The van der Waals surface area contributed by atoms with Crippen molar-refractivity contribution in [2.24, 2.45) is 0 Å². The molecule has 0 bridgehead atoms. The van der Waals surface area contributed by atoms with Crippen LogP contribution in [0.5, 0.6) is 0 Å². The maximum absolute atomic E-state index is 4.92. The summed E-state index contributed by atoms with van der Waals surface area (Å²) in [5.41, 5.74) is 5.97. The van der Waals surface area contributed by atoms with E-state index in [9.17, 15) is 0 Å². The fourth-order valence-electron chi connectivity index (χ4n) is 5.10. The summed E-state index contributed by atoms with van der Waals surface area (Å²) in [6.07, 6.45) is 3.93. The van der Waals surface area contributed by atoms with Crippen molar-refractivity contribution in [2.45, 2.75) is 25.4 Å². The van der Waals surface area contributed by atoms with Gasteiger partial charge in [-0.2, -0.15) is 9.97 Å². The van der Waals surface area contributed by atoms with Crippen LogP contribution in [0.2, 0.25) is 0 Å². The summed E-state index contributed by atoms with van der Waals surface area (Å²) in [6, 6.07) is 29.5. The Labute approximate surface area is 229 Å². The highest BCUT2D eigenvalue weighted by Gasteiger charge is 2.22. The van der Waals surface area contributed by atoms with Crippen molar-refractivity contribution in [3.63, 3.8) is 0 Å². The summed E-state index contributed by atoms with van der Waals surface area (Å²) in [5, 5.41) is 7.16. The number of benzene rings is 3. The lowest BCUT2D eigenvalue weighted by Crippen LogP contribution is -2.38. The van der Waals surface area contributed by atoms with Gasteiger partial charge in [-0.05, 0) is 48.7 Å². The molecular weight excluding hydrogens is 484 g/mol. The molecule has 1 aliphatic rings. The van der Waals surface area contributed by atoms with Gasteiger partial charge in [0.15, 0.2) is 17.0 Å². The molecule has 0 aliphatic carbocycles. The van der Waals surface area contributed by atoms with Gasteiger partial charge in [0.05, 0.1) is 0 Å². The van der Waals surface area contributed by atoms with Crippen LogP contribution in [-0.2, 0) is 6.54 Å². The third-order valence-corrected chi connectivity index (χ3v) is 7.23. The van der Waals surface area contributed by atoms with Gasteiger partial charge in [0.25, 0.3) is 0 Å². The Hall–Kier alpha value is -4.43. The number of aromatic nitrogens is 4. The van der Waals surface area contributed by atoms with Crippen LogP contribution in [0.1, 0.15) is 18.4 Å². The van der Waals surface area contributed by atoms with Crippen LogP contribution in [0.15, 0.2) is 91.3 Å². The maximum Gasteiger partial charge on any atom is 0.231 e. The van der Waals surface area contributed by atoms with Crippen molar-refractivity contribution in [1.82, 2.24) is 24.4 Å². The first-order valence-electron chi connectivity index (χ1n) is 13.5. The predicted molar refractivity (Wildman–Crippen MR) is 159 cm³/mol. The fourth-order valence-corrected chi connectivity index (χ4v) is 5.10. The van der Waals surface area contributed by atoms with Gasteiger partial charge < -0.3 is 15.5 Å². The van der Waals surface area contributed by atoms with Crippen LogP contribution in [0.4, 0.5) is 23.1 Å². The van der Waals surface area contributed by atoms with Crippen molar-refractivity contribution in [2.75, 3.05) is 42.7 Å². The largest absolute Gasteiger partial charge is 0.378 e. The number of piperidine rings is 1. The number of nitrogens with zero attached hydrogens (tertiary/aromatic N) is 6. The molecule has 8 heteroatoms. The van der Waals surface area contributed by atoms with E-state index in [1.165, 1.54) is 5.56 Å². The molecule has 5 aromatic rings. The maximum atomic E-state index is 4.92. The molecule has 0 atom stereocenters. The highest BCUT2D eigenvalue weighted by Crippen LogP contribution is 2.28. The molecule has 0 radical (unpaired) electrons. The Balaban J connectivity index is 1.27. The van der Waals surface area contributed by atoms with E-state index < -0.39 is 0 Å². The van der Waals surface area contributed by atoms with Crippen molar-refractivity contribution >= 4 is 34.3 Å². The number of para-hydroxylation sites is 1. The lowest BCUT2D eigenvalue weighted by atomic mass is 10.0. The van der Waals surface area contributed by atoms with Crippen LogP contribution in [-0.4, -0.2) is 57.6 Å². The van der Waals surface area contributed by atoms with Gasteiger partial charge >= 0.3 is 0 Å². The van der Waals surface area contributed by atoms with E-state index in [2.05, 4.69) is 75.0 Å². The molecule has 2 aromatic heterocycles. The van der Waals surface area contributed by atoms with E-state index in [0.717, 1.165) is 66.5 Å². The standard InChI is InChI=1S/C31H34N8/c1-37(2)27-15-9-12-25(20-27)34-31-35-29(28-30(36-31)39(22-32-28)26-13-7-4-8-14-26)33-24-16-18-38(19-17-24)21-23-10-5-3-6-11-23/h3-15,20,22,24H,16-19,21H2,1-2H3,(H2,33,34,35,36). The number of hydrogen-bond donors (Lipinski definition) is 2. The molecule has 3 aromatic carbocycles. The van der Waals surface area contributed by atoms with Crippen molar-refractivity contribution in [1.29, 1.82) is 0 Å². The molecule has 39 heavy (non-hydrogen) atoms. The average molecular weight is 519 g/mol. The third kappa shape index (κ3) is 5.71. The molecule has 0 amide bonds. The number of nitrogens with one attached hydrogen (secondary N) is 2. The second-order valence-electron chi connectivity index (χ2n) is 10.3. The van der Waals surface area contributed by atoms with Crippen LogP contribution < -0.4 is 15.5 Å². The molecule has 0 unspecified atom stereocenters. The van der Waals surface area contributed by atoms with Gasteiger partial charge in [0.1, 0.15) is 6.33 Å². The van der Waals surface area contributed by atoms with Gasteiger partial charge in [-0.1, -0.05) is 54.6 Å². The first-order valence-corrected chi connectivity index (χ1v) is 13.5.